The molecule has 2 saturated carbocycles. The molecule has 8 atom stereocenters. The first kappa shape index (κ1) is 36.1. The zero-order chi connectivity index (χ0) is 35.6. The molecular formula is C35H44N2O12. The van der Waals surface area contributed by atoms with E-state index < -0.39 is 58.2 Å². The van der Waals surface area contributed by atoms with Crippen LogP contribution >= 0.6 is 0 Å². The van der Waals surface area contributed by atoms with Gasteiger partial charge in [-0.1, -0.05) is 43.7 Å². The Balaban J connectivity index is 1.10. The van der Waals surface area contributed by atoms with Crippen molar-refractivity contribution in [3.63, 3.8) is 0 Å². The number of ketones is 2. The number of unbranched alkanes of at least 4 members (excludes halogenated alkanes) is 1. The van der Waals surface area contributed by atoms with Gasteiger partial charge in [0, 0.05) is 23.2 Å². The van der Waals surface area contributed by atoms with Crippen molar-refractivity contribution in [2.24, 2.45) is 34.3 Å². The van der Waals surface area contributed by atoms with Crippen LogP contribution in [-0.4, -0.2) is 76.6 Å². The third kappa shape index (κ3) is 7.26. The van der Waals surface area contributed by atoms with E-state index in [-0.39, 0.29) is 61.8 Å². The first-order valence-electron chi connectivity index (χ1n) is 16.7. The molecular weight excluding hydrogens is 640 g/mol. The molecule has 266 valence electrons. The number of ether oxygens (including phenoxy) is 3. The highest BCUT2D eigenvalue weighted by atomic mass is 16.9. The maximum absolute atomic E-state index is 13.5. The molecule has 0 bridgehead atoms. The molecule has 0 amide bonds. The van der Waals surface area contributed by atoms with Crippen LogP contribution in [0.25, 0.3) is 0 Å². The highest BCUT2D eigenvalue weighted by Crippen LogP contribution is 2.66. The van der Waals surface area contributed by atoms with E-state index >= 15 is 0 Å². The summed E-state index contributed by atoms with van der Waals surface area (Å²) in [7, 11) is 0. The van der Waals surface area contributed by atoms with Gasteiger partial charge in [-0.3, -0.25) is 14.4 Å². The molecule has 4 N–H and O–H groups in total. The van der Waals surface area contributed by atoms with Crippen molar-refractivity contribution < 1.29 is 53.5 Å². The number of allylic oxidation sites excluding steroid dienone is 4. The van der Waals surface area contributed by atoms with Crippen LogP contribution in [0.2, 0.25) is 0 Å². The van der Waals surface area contributed by atoms with E-state index in [1.165, 1.54) is 12.1 Å². The Hall–Kier alpha value is -4.14. The maximum atomic E-state index is 13.5. The lowest BCUT2D eigenvalue weighted by Gasteiger charge is -2.58. The Morgan fingerprint density at radius 1 is 1.12 bits per heavy atom. The summed E-state index contributed by atoms with van der Waals surface area (Å²) in [5, 5.41) is 32.6. The minimum absolute atomic E-state index is 0.00562. The van der Waals surface area contributed by atoms with Crippen molar-refractivity contribution >= 4 is 23.7 Å². The number of Topliss-reactive ketones (excluding diaryl/α,β-unsaturated/α-hetero) is 1. The molecule has 0 aromatic heterocycles. The number of rotatable bonds is 13. The lowest BCUT2D eigenvalue weighted by Crippen LogP contribution is -2.61. The van der Waals surface area contributed by atoms with Crippen LogP contribution in [-0.2, 0) is 35.1 Å². The molecule has 14 nitrogen and oxygen atoms in total. The summed E-state index contributed by atoms with van der Waals surface area (Å²) in [6.45, 7) is 3.15. The summed E-state index contributed by atoms with van der Waals surface area (Å²) in [5.41, 5.74) is 4.40. The van der Waals surface area contributed by atoms with E-state index in [9.17, 15) is 39.5 Å². The summed E-state index contributed by atoms with van der Waals surface area (Å²) >= 11 is 0. The number of benzene rings is 1. The van der Waals surface area contributed by atoms with Crippen molar-refractivity contribution in [1.29, 1.82) is 0 Å². The lowest BCUT2D eigenvalue weighted by atomic mass is 9.47. The Morgan fingerprint density at radius 2 is 1.84 bits per heavy atom. The Morgan fingerprint density at radius 3 is 2.55 bits per heavy atom. The number of carbonyl (C=O) groups is 4. The first-order valence-corrected chi connectivity index (χ1v) is 16.7. The molecule has 0 saturated heterocycles. The Bertz CT molecular complexity index is 1520. The van der Waals surface area contributed by atoms with Gasteiger partial charge in [-0.05, 0) is 80.6 Å². The van der Waals surface area contributed by atoms with Gasteiger partial charge in [-0.15, -0.1) is 10.1 Å². The summed E-state index contributed by atoms with van der Waals surface area (Å²) in [4.78, 5) is 64.6. The summed E-state index contributed by atoms with van der Waals surface area (Å²) < 4.78 is 15.4. The second-order valence-corrected chi connectivity index (χ2v) is 14.1. The molecule has 49 heavy (non-hydrogen) atoms. The highest BCUT2D eigenvalue weighted by Gasteiger charge is 2.68. The fraction of sp³-hybridized carbons (Fsp3) is 0.600. The molecule has 4 aliphatic rings. The minimum atomic E-state index is -1.81. The van der Waals surface area contributed by atoms with Crippen LogP contribution in [0.3, 0.4) is 0 Å². The van der Waals surface area contributed by atoms with Gasteiger partial charge in [0.2, 0.25) is 5.78 Å². The van der Waals surface area contributed by atoms with Gasteiger partial charge in [0.25, 0.3) is 5.09 Å². The number of aliphatic hydroxyl groups excluding tert-OH is 1. The zero-order valence-corrected chi connectivity index (χ0v) is 27.7. The normalized spacial score (nSPS) is 32.1. The number of nitrogens with two attached hydrogens (primary N) is 1. The number of carbonyl (C=O) groups excluding carboxylic acids is 4. The quantitative estimate of drug-likeness (QED) is 0.0681. The Labute approximate surface area is 283 Å². The summed E-state index contributed by atoms with van der Waals surface area (Å²) in [5.74, 6) is -1.31. The second-order valence-electron chi connectivity index (χ2n) is 14.1. The van der Waals surface area contributed by atoms with Gasteiger partial charge < -0.3 is 35.0 Å². The summed E-state index contributed by atoms with van der Waals surface area (Å²) in [6, 6.07) is 5.20. The third-order valence-electron chi connectivity index (χ3n) is 11.3. The van der Waals surface area contributed by atoms with Crippen LogP contribution in [0.5, 0.6) is 5.75 Å². The number of fused-ring (bicyclic) bond motifs is 5. The van der Waals surface area contributed by atoms with Crippen LogP contribution in [0.1, 0.15) is 64.4 Å². The van der Waals surface area contributed by atoms with Crippen LogP contribution in [0.15, 0.2) is 48.1 Å². The van der Waals surface area contributed by atoms with Gasteiger partial charge >= 0.3 is 12.1 Å². The molecule has 2 fully saturated rings. The number of nitrogens with zero attached hydrogens (tertiary/aromatic N) is 1. The standard InChI is InChI=1S/C35H44N2O12/c1-33-13-11-23(38)18-22(33)7-10-25-26-12-14-35(43,34(26,2)19-28(39)30(25)33)29(40)20-47-32(42)49-24-8-5-21(6-9-24)17-27(36)31(41)46-15-3-4-16-48-37(44)45/h5-9,11,13,25-28,30,39,43H,3-4,10,12,14-20,36H2,1-2H3/t25-,26-,27-,28-,30+,33-,34-,35-/m0/s1. The first-order chi connectivity index (χ1) is 23.2. The topological polar surface area (TPSA) is 215 Å². The number of hydrogen-bond acceptors (Lipinski definition) is 13. The fourth-order valence-corrected chi connectivity index (χ4v) is 8.72. The SMILES string of the molecule is C[C@]12C=CC(=O)CC1=CC[C@@H]1[C@@H]2[C@@H](O)C[C@@]2(C)[C@H]1CC[C@]2(O)C(=O)COC(=O)Oc1ccc(C[C@H](N)C(=O)OCCCCO[N+](=O)[O-])cc1. The van der Waals surface area contributed by atoms with Crippen molar-refractivity contribution in [2.45, 2.75) is 83.0 Å². The van der Waals surface area contributed by atoms with E-state index in [0.717, 1.165) is 5.57 Å². The lowest BCUT2D eigenvalue weighted by molar-refractivity contribution is -0.757. The van der Waals surface area contributed by atoms with Gasteiger partial charge in [-0.2, -0.15) is 0 Å². The third-order valence-corrected chi connectivity index (χ3v) is 11.3. The van der Waals surface area contributed by atoms with E-state index in [1.807, 2.05) is 13.0 Å². The van der Waals surface area contributed by atoms with Crippen molar-refractivity contribution in [3.05, 3.63) is 63.7 Å². The van der Waals surface area contributed by atoms with Gasteiger partial charge in [0.05, 0.1) is 19.3 Å². The van der Waals surface area contributed by atoms with Crippen molar-refractivity contribution in [3.8, 4) is 5.75 Å². The molecule has 0 heterocycles. The Kier molecular flexibility index (Phi) is 10.6. The molecule has 1 aromatic carbocycles. The molecule has 0 unspecified atom stereocenters. The largest absolute Gasteiger partial charge is 0.514 e. The zero-order valence-electron chi connectivity index (χ0n) is 27.7. The van der Waals surface area contributed by atoms with E-state index in [2.05, 4.69) is 17.8 Å². The molecule has 0 radical (unpaired) electrons. The predicted molar refractivity (Wildman–Crippen MR) is 171 cm³/mol. The van der Waals surface area contributed by atoms with Crippen LogP contribution in [0, 0.1) is 38.7 Å². The number of hydrogen-bond donors (Lipinski definition) is 3. The van der Waals surface area contributed by atoms with Crippen molar-refractivity contribution in [1.82, 2.24) is 0 Å². The molecule has 14 heteroatoms. The molecule has 0 spiro atoms. The molecule has 5 rings (SSSR count). The maximum Gasteiger partial charge on any atom is 0.514 e. The van der Waals surface area contributed by atoms with Crippen LogP contribution in [0.4, 0.5) is 4.79 Å². The van der Waals surface area contributed by atoms with E-state index in [1.54, 1.807) is 18.2 Å². The summed E-state index contributed by atoms with van der Waals surface area (Å²) in [6.07, 6.45) is 6.48. The van der Waals surface area contributed by atoms with Crippen LogP contribution < -0.4 is 10.5 Å². The molecule has 4 aliphatic carbocycles. The van der Waals surface area contributed by atoms with Gasteiger partial charge in [0.15, 0.2) is 12.4 Å². The number of esters is 1. The van der Waals surface area contributed by atoms with Gasteiger partial charge in [0.1, 0.15) is 17.4 Å². The minimum Gasteiger partial charge on any atom is -0.465 e. The average molecular weight is 685 g/mol. The molecule has 0 aliphatic heterocycles. The molecule has 1 aromatic rings. The predicted octanol–water partition coefficient (Wildman–Crippen LogP) is 3.18. The highest BCUT2D eigenvalue weighted by molar-refractivity contribution is 5.93. The average Bonchev–Trinajstić information content (AvgIpc) is 3.32. The fourth-order valence-electron chi connectivity index (χ4n) is 8.72. The van der Waals surface area contributed by atoms with Crippen molar-refractivity contribution in [2.75, 3.05) is 19.8 Å². The second kappa shape index (κ2) is 14.4. The monoisotopic (exact) mass is 684 g/mol. The van der Waals surface area contributed by atoms with Gasteiger partial charge in [-0.25, -0.2) is 4.79 Å². The van der Waals surface area contributed by atoms with E-state index in [0.29, 0.717) is 37.7 Å². The van der Waals surface area contributed by atoms with E-state index in [4.69, 9.17) is 19.9 Å². The number of aliphatic hydroxyl groups is 2. The smallest absolute Gasteiger partial charge is 0.465 e.